The van der Waals surface area contributed by atoms with Gasteiger partial charge in [0, 0.05) is 29.9 Å². The van der Waals surface area contributed by atoms with Crippen LogP contribution in [0.15, 0.2) is 48.8 Å². The third-order valence-corrected chi connectivity index (χ3v) is 4.54. The maximum absolute atomic E-state index is 11.3. The van der Waals surface area contributed by atoms with E-state index in [0.29, 0.717) is 18.1 Å². The molecule has 0 unspecified atom stereocenters. The molecule has 3 rings (SSSR count). The van der Waals surface area contributed by atoms with E-state index in [1.807, 2.05) is 42.3 Å². The predicted octanol–water partition coefficient (Wildman–Crippen LogP) is 3.16. The number of primary amides is 1. The molecule has 5 N–H and O–H groups in total. The number of carbonyl (C=O) groups is 1. The summed E-state index contributed by atoms with van der Waals surface area (Å²) in [6.45, 7) is 4.80. The maximum atomic E-state index is 11.3. The summed E-state index contributed by atoms with van der Waals surface area (Å²) in [5.41, 5.74) is 8.45. The molecule has 0 saturated heterocycles. The maximum Gasteiger partial charge on any atom is 0.248 e. The Bertz CT molecular complexity index is 947. The van der Waals surface area contributed by atoms with Gasteiger partial charge in [-0.3, -0.25) is 10.2 Å². The van der Waals surface area contributed by atoms with E-state index < -0.39 is 5.91 Å². The molecular weight excluding hydrogens is 340 g/mol. The number of hydrogen-bond donors (Lipinski definition) is 4. The van der Waals surface area contributed by atoms with Gasteiger partial charge in [0.2, 0.25) is 5.91 Å². The second-order valence-corrected chi connectivity index (χ2v) is 6.38. The van der Waals surface area contributed by atoms with Crippen molar-refractivity contribution in [2.75, 3.05) is 11.4 Å². The SMILES string of the molecule is CCCNC(=N)N(c1ccnc2[nH]ccc12)[C@H](C)c1ccc(C(N)=O)cc1. The van der Waals surface area contributed by atoms with Crippen LogP contribution in [0.5, 0.6) is 0 Å². The van der Waals surface area contributed by atoms with E-state index in [-0.39, 0.29) is 6.04 Å². The van der Waals surface area contributed by atoms with Crippen LogP contribution in [0.3, 0.4) is 0 Å². The lowest BCUT2D eigenvalue weighted by Crippen LogP contribution is -2.42. The molecule has 1 atom stereocenters. The Morgan fingerprint density at radius 2 is 2.04 bits per heavy atom. The summed E-state index contributed by atoms with van der Waals surface area (Å²) in [7, 11) is 0. The van der Waals surface area contributed by atoms with Crippen molar-refractivity contribution >= 4 is 28.6 Å². The number of guanidine groups is 1. The number of amides is 1. The summed E-state index contributed by atoms with van der Waals surface area (Å²) in [5.74, 6) is -0.136. The second kappa shape index (κ2) is 7.90. The summed E-state index contributed by atoms with van der Waals surface area (Å²) in [6.07, 6.45) is 4.50. The Hall–Kier alpha value is -3.35. The topological polar surface area (TPSA) is 111 Å². The van der Waals surface area contributed by atoms with Crippen LogP contribution in [0.1, 0.15) is 42.2 Å². The molecule has 7 heteroatoms. The van der Waals surface area contributed by atoms with E-state index in [1.54, 1.807) is 18.3 Å². The normalized spacial score (nSPS) is 11.9. The fourth-order valence-electron chi connectivity index (χ4n) is 3.08. The first-order chi connectivity index (χ1) is 13.0. The van der Waals surface area contributed by atoms with Crippen molar-refractivity contribution in [3.63, 3.8) is 0 Å². The third kappa shape index (κ3) is 3.76. The molecule has 0 bridgehead atoms. The van der Waals surface area contributed by atoms with Gasteiger partial charge in [-0.05, 0) is 43.2 Å². The summed E-state index contributed by atoms with van der Waals surface area (Å²) in [6, 6.07) is 10.9. The van der Waals surface area contributed by atoms with Crippen LogP contribution < -0.4 is 16.0 Å². The minimum absolute atomic E-state index is 0.135. The van der Waals surface area contributed by atoms with E-state index in [1.165, 1.54) is 0 Å². The quantitative estimate of drug-likeness (QED) is 0.398. The van der Waals surface area contributed by atoms with Crippen molar-refractivity contribution in [2.45, 2.75) is 26.3 Å². The van der Waals surface area contributed by atoms with Crippen molar-refractivity contribution < 1.29 is 4.79 Å². The van der Waals surface area contributed by atoms with Gasteiger partial charge in [0.1, 0.15) is 5.65 Å². The number of nitrogens with one attached hydrogen (secondary N) is 3. The van der Waals surface area contributed by atoms with Gasteiger partial charge in [0.25, 0.3) is 0 Å². The number of carbonyl (C=O) groups excluding carboxylic acids is 1. The number of nitrogens with zero attached hydrogens (tertiary/aromatic N) is 2. The van der Waals surface area contributed by atoms with Gasteiger partial charge in [-0.1, -0.05) is 19.1 Å². The van der Waals surface area contributed by atoms with Gasteiger partial charge >= 0.3 is 0 Å². The number of hydrogen-bond acceptors (Lipinski definition) is 3. The number of nitrogens with two attached hydrogens (primary N) is 1. The van der Waals surface area contributed by atoms with Crippen LogP contribution in [0.4, 0.5) is 5.69 Å². The Morgan fingerprint density at radius 1 is 1.30 bits per heavy atom. The number of fused-ring (bicyclic) bond motifs is 1. The second-order valence-electron chi connectivity index (χ2n) is 6.38. The highest BCUT2D eigenvalue weighted by Gasteiger charge is 2.23. The van der Waals surface area contributed by atoms with Crippen LogP contribution in [0, 0.1) is 5.41 Å². The molecule has 7 nitrogen and oxygen atoms in total. The minimum Gasteiger partial charge on any atom is -0.366 e. The molecule has 0 aliphatic heterocycles. The number of anilines is 1. The summed E-state index contributed by atoms with van der Waals surface area (Å²) >= 11 is 0. The minimum atomic E-state index is -0.452. The van der Waals surface area contributed by atoms with Crippen molar-refractivity contribution in [2.24, 2.45) is 5.73 Å². The first-order valence-corrected chi connectivity index (χ1v) is 8.96. The molecule has 140 valence electrons. The van der Waals surface area contributed by atoms with Crippen LogP contribution >= 0.6 is 0 Å². The van der Waals surface area contributed by atoms with E-state index in [9.17, 15) is 4.79 Å². The molecule has 0 radical (unpaired) electrons. The molecule has 0 aliphatic carbocycles. The lowest BCUT2D eigenvalue weighted by atomic mass is 10.0. The molecule has 2 aromatic heterocycles. The fourth-order valence-corrected chi connectivity index (χ4v) is 3.08. The largest absolute Gasteiger partial charge is 0.366 e. The molecule has 27 heavy (non-hydrogen) atoms. The monoisotopic (exact) mass is 364 g/mol. The molecule has 3 aromatic rings. The summed E-state index contributed by atoms with van der Waals surface area (Å²) in [4.78, 5) is 20.7. The first-order valence-electron chi connectivity index (χ1n) is 8.96. The molecule has 0 saturated carbocycles. The summed E-state index contributed by atoms with van der Waals surface area (Å²) < 4.78 is 0. The predicted molar refractivity (Wildman–Crippen MR) is 108 cm³/mol. The number of pyridine rings is 1. The third-order valence-electron chi connectivity index (χ3n) is 4.54. The zero-order chi connectivity index (χ0) is 19.4. The van der Waals surface area contributed by atoms with Crippen molar-refractivity contribution in [1.29, 1.82) is 5.41 Å². The molecule has 0 spiro atoms. The first kappa shape index (κ1) is 18.4. The van der Waals surface area contributed by atoms with Crippen molar-refractivity contribution in [1.82, 2.24) is 15.3 Å². The lowest BCUT2D eigenvalue weighted by Gasteiger charge is -2.32. The average molecular weight is 364 g/mol. The van der Waals surface area contributed by atoms with Crippen molar-refractivity contribution in [3.05, 3.63) is 59.9 Å². The van der Waals surface area contributed by atoms with Gasteiger partial charge in [0.05, 0.1) is 11.7 Å². The van der Waals surface area contributed by atoms with Gasteiger partial charge < -0.3 is 20.9 Å². The van der Waals surface area contributed by atoms with Gasteiger partial charge in [-0.25, -0.2) is 4.98 Å². The number of rotatable bonds is 6. The number of aromatic amines is 1. The Kier molecular flexibility index (Phi) is 5.40. The van der Waals surface area contributed by atoms with E-state index in [4.69, 9.17) is 11.1 Å². The van der Waals surface area contributed by atoms with Gasteiger partial charge in [0.15, 0.2) is 5.96 Å². The Balaban J connectivity index is 2.02. The van der Waals surface area contributed by atoms with E-state index in [0.717, 1.165) is 28.7 Å². The van der Waals surface area contributed by atoms with Gasteiger partial charge in [-0.2, -0.15) is 0 Å². The van der Waals surface area contributed by atoms with Crippen LogP contribution in [-0.2, 0) is 0 Å². The fraction of sp³-hybridized carbons (Fsp3) is 0.250. The smallest absolute Gasteiger partial charge is 0.248 e. The standard InChI is InChI=1S/C20H24N6O/c1-3-10-25-20(22)26(17-9-12-24-19-16(17)8-11-23-19)13(2)14-4-6-15(7-5-14)18(21)27/h4-9,11-13H,3,10H2,1-2H3,(H2,21,27)(H2,22,25)(H,23,24)/t13-/m1/s1. The van der Waals surface area contributed by atoms with Crippen LogP contribution in [0.2, 0.25) is 0 Å². The highest BCUT2D eigenvalue weighted by atomic mass is 16.1. The average Bonchev–Trinajstić information content (AvgIpc) is 3.16. The highest BCUT2D eigenvalue weighted by Crippen LogP contribution is 2.32. The Labute approximate surface area is 158 Å². The molecule has 1 aromatic carbocycles. The van der Waals surface area contributed by atoms with Crippen LogP contribution in [0.25, 0.3) is 11.0 Å². The number of benzene rings is 1. The zero-order valence-electron chi connectivity index (χ0n) is 15.5. The van der Waals surface area contributed by atoms with E-state index in [2.05, 4.69) is 22.2 Å². The molecule has 1 amide bonds. The molecule has 0 fully saturated rings. The Morgan fingerprint density at radius 3 is 2.70 bits per heavy atom. The van der Waals surface area contributed by atoms with Crippen LogP contribution in [-0.4, -0.2) is 28.4 Å². The van der Waals surface area contributed by atoms with E-state index >= 15 is 0 Å². The summed E-state index contributed by atoms with van der Waals surface area (Å²) in [5, 5.41) is 12.7. The molecular formula is C20H24N6O. The highest BCUT2D eigenvalue weighted by molar-refractivity contribution is 6.02. The number of aromatic nitrogens is 2. The zero-order valence-corrected chi connectivity index (χ0v) is 15.5. The molecule has 2 heterocycles. The van der Waals surface area contributed by atoms with Gasteiger partial charge in [-0.15, -0.1) is 0 Å². The lowest BCUT2D eigenvalue weighted by molar-refractivity contribution is 0.100. The number of H-pyrrole nitrogens is 1. The van der Waals surface area contributed by atoms with Crippen molar-refractivity contribution in [3.8, 4) is 0 Å². The molecule has 0 aliphatic rings.